The minimum atomic E-state index is -0.822. The molecule has 5 nitrogen and oxygen atoms in total. The highest BCUT2D eigenvalue weighted by Gasteiger charge is 2.33. The van der Waals surface area contributed by atoms with Gasteiger partial charge in [0.2, 0.25) is 5.76 Å². The fourth-order valence-corrected chi connectivity index (χ4v) is 1.63. The van der Waals surface area contributed by atoms with Crippen LogP contribution in [0.3, 0.4) is 0 Å². The van der Waals surface area contributed by atoms with E-state index in [1.54, 1.807) is 37.3 Å². The van der Waals surface area contributed by atoms with Gasteiger partial charge in [0.05, 0.1) is 12.3 Å². The summed E-state index contributed by atoms with van der Waals surface area (Å²) in [6.07, 6.45) is 0. The van der Waals surface area contributed by atoms with Crippen molar-refractivity contribution in [3.63, 3.8) is 0 Å². The molecule has 0 aromatic heterocycles. The highest BCUT2D eigenvalue weighted by Crippen LogP contribution is 2.21. The number of carbonyl (C=O) groups is 2. The largest absolute Gasteiger partial charge is 0.502 e. The van der Waals surface area contributed by atoms with Crippen LogP contribution < -0.4 is 0 Å². The number of hydrogen-bond donors (Lipinski definition) is 1. The van der Waals surface area contributed by atoms with Crippen LogP contribution in [0.5, 0.6) is 0 Å². The molecule has 1 heterocycles. The molecule has 0 fully saturated rings. The molecule has 0 bridgehead atoms. The molecule has 0 atom stereocenters. The van der Waals surface area contributed by atoms with E-state index in [4.69, 9.17) is 4.74 Å². The topological polar surface area (TPSA) is 76.0 Å². The lowest BCUT2D eigenvalue weighted by molar-refractivity contribution is -0.138. The maximum absolute atomic E-state index is 11.7. The van der Waals surface area contributed by atoms with Gasteiger partial charge in [0.15, 0.2) is 0 Å². The molecule has 18 heavy (non-hydrogen) atoms. The molecule has 2 rings (SSSR count). The summed E-state index contributed by atoms with van der Waals surface area (Å²) in [6.45, 7) is 1.80. The Hall–Kier alpha value is -2.43. The zero-order chi connectivity index (χ0) is 13.1. The van der Waals surface area contributed by atoms with Crippen LogP contribution in [0.1, 0.15) is 12.5 Å². The first-order chi connectivity index (χ1) is 8.65. The Labute approximate surface area is 103 Å². The fourth-order valence-electron chi connectivity index (χ4n) is 1.63. The summed E-state index contributed by atoms with van der Waals surface area (Å²) in [6, 6.07) is 8.70. The second-order valence-electron chi connectivity index (χ2n) is 3.58. The summed E-state index contributed by atoms with van der Waals surface area (Å²) in [4.78, 5) is 26.8. The normalized spacial score (nSPS) is 14.7. The number of amides is 1. The molecular formula is C13H11NO4. The van der Waals surface area contributed by atoms with Crippen molar-refractivity contribution >= 4 is 17.6 Å². The zero-order valence-electron chi connectivity index (χ0n) is 9.71. The quantitative estimate of drug-likeness (QED) is 0.816. The van der Waals surface area contributed by atoms with Crippen LogP contribution in [0.2, 0.25) is 0 Å². The summed E-state index contributed by atoms with van der Waals surface area (Å²) < 4.78 is 4.81. The molecule has 1 aliphatic heterocycles. The third-order valence-electron chi connectivity index (χ3n) is 2.42. The Morgan fingerprint density at radius 2 is 2.00 bits per heavy atom. The number of aliphatic hydroxyl groups excluding tert-OH is 1. The average molecular weight is 245 g/mol. The van der Waals surface area contributed by atoms with Gasteiger partial charge in [-0.25, -0.2) is 9.79 Å². The van der Waals surface area contributed by atoms with Crippen LogP contribution in [0, 0.1) is 0 Å². The molecule has 1 aromatic carbocycles. The number of aliphatic imine (C=N–C) groups is 1. The van der Waals surface area contributed by atoms with Gasteiger partial charge in [-0.05, 0) is 6.92 Å². The number of aliphatic hydroxyl groups is 1. The van der Waals surface area contributed by atoms with E-state index < -0.39 is 17.6 Å². The van der Waals surface area contributed by atoms with Crippen LogP contribution in [0.15, 0.2) is 46.7 Å². The third-order valence-corrected chi connectivity index (χ3v) is 2.42. The third kappa shape index (κ3) is 2.02. The first-order valence-corrected chi connectivity index (χ1v) is 5.44. The van der Waals surface area contributed by atoms with E-state index in [1.807, 2.05) is 0 Å². The minimum Gasteiger partial charge on any atom is -0.502 e. The first kappa shape index (κ1) is 12.0. The predicted octanol–water partition coefficient (Wildman–Crippen LogP) is 1.39. The fraction of sp³-hybridized carbons (Fsp3) is 0.154. The lowest BCUT2D eigenvalue weighted by Gasteiger charge is -2.06. The van der Waals surface area contributed by atoms with E-state index in [2.05, 4.69) is 4.99 Å². The van der Waals surface area contributed by atoms with Gasteiger partial charge in [-0.15, -0.1) is 0 Å². The van der Waals surface area contributed by atoms with Crippen LogP contribution in [-0.2, 0) is 14.3 Å². The van der Waals surface area contributed by atoms with Gasteiger partial charge >= 0.3 is 11.9 Å². The van der Waals surface area contributed by atoms with Gasteiger partial charge in [0.25, 0.3) is 0 Å². The first-order valence-electron chi connectivity index (χ1n) is 5.44. The summed E-state index contributed by atoms with van der Waals surface area (Å²) >= 11 is 0. The number of carbonyl (C=O) groups excluding carboxylic acids is 2. The van der Waals surface area contributed by atoms with Crippen molar-refractivity contribution in [2.45, 2.75) is 6.92 Å². The number of esters is 1. The van der Waals surface area contributed by atoms with Crippen molar-refractivity contribution in [3.8, 4) is 0 Å². The molecule has 0 aliphatic carbocycles. The van der Waals surface area contributed by atoms with Gasteiger partial charge < -0.3 is 9.84 Å². The van der Waals surface area contributed by atoms with Gasteiger partial charge in [-0.3, -0.25) is 4.79 Å². The molecule has 0 spiro atoms. The van der Waals surface area contributed by atoms with Crippen molar-refractivity contribution in [3.05, 3.63) is 47.2 Å². The Morgan fingerprint density at radius 1 is 1.33 bits per heavy atom. The minimum absolute atomic E-state index is 0.150. The van der Waals surface area contributed by atoms with E-state index in [1.165, 1.54) is 0 Å². The summed E-state index contributed by atoms with van der Waals surface area (Å²) in [5.74, 6) is -2.23. The van der Waals surface area contributed by atoms with E-state index in [0.717, 1.165) is 0 Å². The maximum atomic E-state index is 11.7. The molecule has 0 saturated heterocycles. The number of benzene rings is 1. The van der Waals surface area contributed by atoms with E-state index in [9.17, 15) is 14.7 Å². The monoisotopic (exact) mass is 245 g/mol. The van der Waals surface area contributed by atoms with Crippen molar-refractivity contribution in [1.82, 2.24) is 0 Å². The van der Waals surface area contributed by atoms with E-state index in [-0.39, 0.29) is 17.9 Å². The molecular weight excluding hydrogens is 234 g/mol. The van der Waals surface area contributed by atoms with Crippen LogP contribution >= 0.6 is 0 Å². The Balaban J connectivity index is 2.45. The summed E-state index contributed by atoms with van der Waals surface area (Å²) in [5, 5.41) is 9.60. The van der Waals surface area contributed by atoms with E-state index >= 15 is 0 Å². The molecule has 1 amide bonds. The molecule has 0 unspecified atom stereocenters. The lowest BCUT2D eigenvalue weighted by atomic mass is 10.0. The van der Waals surface area contributed by atoms with E-state index in [0.29, 0.717) is 5.56 Å². The van der Waals surface area contributed by atoms with Crippen molar-refractivity contribution in [2.24, 2.45) is 4.99 Å². The molecule has 92 valence electrons. The van der Waals surface area contributed by atoms with Gasteiger partial charge in [-0.1, -0.05) is 30.3 Å². The summed E-state index contributed by atoms with van der Waals surface area (Å²) in [7, 11) is 0. The van der Waals surface area contributed by atoms with Gasteiger partial charge in [0, 0.05) is 5.56 Å². The van der Waals surface area contributed by atoms with Gasteiger partial charge in [0.1, 0.15) is 5.57 Å². The van der Waals surface area contributed by atoms with Crippen molar-refractivity contribution < 1.29 is 19.4 Å². The van der Waals surface area contributed by atoms with Crippen LogP contribution in [0.4, 0.5) is 0 Å². The highest BCUT2D eigenvalue weighted by molar-refractivity contribution is 6.35. The molecule has 1 aromatic rings. The predicted molar refractivity (Wildman–Crippen MR) is 64.3 cm³/mol. The van der Waals surface area contributed by atoms with Crippen LogP contribution in [-0.4, -0.2) is 29.3 Å². The highest BCUT2D eigenvalue weighted by atomic mass is 16.5. The number of ether oxygens (including phenoxy) is 1. The molecule has 0 radical (unpaired) electrons. The average Bonchev–Trinajstić information content (AvgIpc) is 2.67. The zero-order valence-corrected chi connectivity index (χ0v) is 9.71. The molecule has 5 heteroatoms. The molecule has 1 aliphatic rings. The number of hydrogen-bond acceptors (Lipinski definition) is 4. The molecule has 1 N–H and O–H groups in total. The summed E-state index contributed by atoms with van der Waals surface area (Å²) in [5.41, 5.74) is 0.558. The van der Waals surface area contributed by atoms with Crippen LogP contribution in [0.25, 0.3) is 0 Å². The SMILES string of the molecule is CCOC(=O)C1=C(O)C(=O)N=C1c1ccccc1. The number of nitrogens with zero attached hydrogens (tertiary/aromatic N) is 1. The smallest absolute Gasteiger partial charge is 0.344 e. The Bertz CT molecular complexity index is 558. The number of rotatable bonds is 3. The van der Waals surface area contributed by atoms with Crippen molar-refractivity contribution in [2.75, 3.05) is 6.61 Å². The molecule has 0 saturated carbocycles. The lowest BCUT2D eigenvalue weighted by Crippen LogP contribution is -2.16. The van der Waals surface area contributed by atoms with Gasteiger partial charge in [-0.2, -0.15) is 0 Å². The Morgan fingerprint density at radius 3 is 2.61 bits per heavy atom. The second-order valence-corrected chi connectivity index (χ2v) is 3.58. The standard InChI is InChI=1S/C13H11NO4/c1-2-18-13(17)9-10(14-12(16)11(9)15)8-6-4-3-5-7-8/h3-7H,2H2,1H3,(H,14,15,16). The van der Waals surface area contributed by atoms with Crippen molar-refractivity contribution in [1.29, 1.82) is 0 Å². The Kier molecular flexibility index (Phi) is 3.23. The maximum Gasteiger partial charge on any atom is 0.344 e. The second kappa shape index (κ2) is 4.83.